The van der Waals surface area contributed by atoms with Crippen LogP contribution in [0, 0.1) is 13.8 Å². The number of carbonyl (C=O) groups is 1. The summed E-state index contributed by atoms with van der Waals surface area (Å²) < 4.78 is 46.6. The molecule has 0 aliphatic heterocycles. The van der Waals surface area contributed by atoms with Crippen LogP contribution in [-0.4, -0.2) is 25.4 Å². The Kier molecular flexibility index (Phi) is 5.07. The van der Waals surface area contributed by atoms with Crippen molar-refractivity contribution in [3.05, 3.63) is 83.1 Å². The summed E-state index contributed by atoms with van der Waals surface area (Å²) in [5.74, 6) is 0.178. The van der Waals surface area contributed by atoms with E-state index in [1.165, 1.54) is 12.3 Å². The van der Waals surface area contributed by atoms with Crippen molar-refractivity contribution in [3.63, 3.8) is 0 Å². The van der Waals surface area contributed by atoms with Gasteiger partial charge in [0.25, 0.3) is 5.91 Å². The minimum atomic E-state index is -4.51. The second-order valence-corrected chi connectivity index (χ2v) is 7.85. The molecule has 0 saturated carbocycles. The first-order valence-corrected chi connectivity index (χ1v) is 10.4. The van der Waals surface area contributed by atoms with Gasteiger partial charge < -0.3 is 8.98 Å². The summed E-state index contributed by atoms with van der Waals surface area (Å²) >= 11 is 0. The third-order valence-corrected chi connectivity index (χ3v) is 5.53. The monoisotopic (exact) mass is 465 g/mol. The second-order valence-electron chi connectivity index (χ2n) is 7.85. The zero-order chi connectivity index (χ0) is 24.0. The normalized spacial score (nSPS) is 11.9. The number of imidazole rings is 1. The third-order valence-electron chi connectivity index (χ3n) is 5.53. The van der Waals surface area contributed by atoms with Gasteiger partial charge in [-0.3, -0.25) is 10.1 Å². The number of nitrogens with zero attached hydrogens (tertiary/aromatic N) is 4. The Bertz CT molecular complexity index is 1540. The smallest absolute Gasteiger partial charge is 0.416 e. The molecule has 0 bridgehead atoms. The molecule has 0 unspecified atom stereocenters. The SMILES string of the molecule is Cc1nc2ccc(C(=O)Nc3nc4cc(C(F)(F)F)ccc4n3Cc3ccco3)cc2nc1C. The number of furan rings is 1. The quantitative estimate of drug-likeness (QED) is 0.378. The summed E-state index contributed by atoms with van der Waals surface area (Å²) in [5.41, 5.74) is 2.80. The van der Waals surface area contributed by atoms with Gasteiger partial charge in [-0.05, 0) is 62.4 Å². The van der Waals surface area contributed by atoms with Gasteiger partial charge in [0.15, 0.2) is 0 Å². The van der Waals surface area contributed by atoms with Crippen LogP contribution in [0.4, 0.5) is 19.1 Å². The van der Waals surface area contributed by atoms with Gasteiger partial charge in [-0.15, -0.1) is 0 Å². The molecule has 2 aromatic carbocycles. The molecule has 0 aliphatic carbocycles. The second kappa shape index (κ2) is 7.98. The molecule has 5 aromatic rings. The van der Waals surface area contributed by atoms with Gasteiger partial charge in [-0.25, -0.2) is 15.0 Å². The molecule has 0 saturated heterocycles. The Balaban J connectivity index is 1.54. The number of benzene rings is 2. The minimum Gasteiger partial charge on any atom is -0.467 e. The van der Waals surface area contributed by atoms with Gasteiger partial charge in [0.2, 0.25) is 5.95 Å². The fraction of sp³-hybridized carbons (Fsp3) is 0.167. The number of hydrogen-bond donors (Lipinski definition) is 1. The highest BCUT2D eigenvalue weighted by Crippen LogP contribution is 2.32. The van der Waals surface area contributed by atoms with Crippen molar-refractivity contribution in [1.29, 1.82) is 0 Å². The Labute approximate surface area is 191 Å². The van der Waals surface area contributed by atoms with Crippen molar-refractivity contribution in [2.24, 2.45) is 0 Å². The van der Waals surface area contributed by atoms with Crippen molar-refractivity contribution in [1.82, 2.24) is 19.5 Å². The lowest BCUT2D eigenvalue weighted by molar-refractivity contribution is -0.137. The summed E-state index contributed by atoms with van der Waals surface area (Å²) in [6.45, 7) is 3.86. The van der Waals surface area contributed by atoms with Crippen LogP contribution in [0.1, 0.15) is 33.1 Å². The van der Waals surface area contributed by atoms with Crippen molar-refractivity contribution in [2.45, 2.75) is 26.6 Å². The molecule has 0 fully saturated rings. The summed E-state index contributed by atoms with van der Waals surface area (Å²) in [6, 6.07) is 11.6. The molecule has 0 spiro atoms. The molecular weight excluding hydrogens is 447 g/mol. The van der Waals surface area contributed by atoms with E-state index in [0.29, 0.717) is 27.9 Å². The summed E-state index contributed by atoms with van der Waals surface area (Å²) in [7, 11) is 0. The fourth-order valence-corrected chi connectivity index (χ4v) is 3.67. The van der Waals surface area contributed by atoms with E-state index in [1.807, 2.05) is 13.8 Å². The molecule has 1 N–H and O–H groups in total. The number of hydrogen-bond acceptors (Lipinski definition) is 5. The van der Waals surface area contributed by atoms with E-state index >= 15 is 0 Å². The molecule has 172 valence electrons. The predicted molar refractivity (Wildman–Crippen MR) is 120 cm³/mol. The van der Waals surface area contributed by atoms with Crippen LogP contribution in [0.3, 0.4) is 0 Å². The summed E-state index contributed by atoms with van der Waals surface area (Å²) in [5, 5.41) is 2.72. The van der Waals surface area contributed by atoms with Crippen LogP contribution < -0.4 is 5.32 Å². The zero-order valence-electron chi connectivity index (χ0n) is 18.1. The third kappa shape index (κ3) is 3.98. The number of aromatic nitrogens is 4. The average molecular weight is 465 g/mol. The standard InChI is InChI=1S/C24H18F3N5O2/c1-13-14(2)29-19-10-15(5-7-18(19)28-13)22(33)31-23-30-20-11-16(24(25,26)27)6-8-21(20)32(23)12-17-4-3-9-34-17/h3-11H,12H2,1-2H3,(H,30,31,33). The molecule has 0 aliphatic rings. The summed E-state index contributed by atoms with van der Waals surface area (Å²) in [6.07, 6.45) is -3.01. The average Bonchev–Trinajstić information content (AvgIpc) is 3.41. The molecule has 7 nitrogen and oxygen atoms in total. The van der Waals surface area contributed by atoms with Crippen LogP contribution in [-0.2, 0) is 12.7 Å². The lowest BCUT2D eigenvalue weighted by Gasteiger charge is -2.10. The molecule has 5 rings (SSSR count). The number of amides is 1. The predicted octanol–water partition coefficient (Wildman–Crippen LogP) is 5.51. The van der Waals surface area contributed by atoms with E-state index in [9.17, 15) is 18.0 Å². The summed E-state index contributed by atoms with van der Waals surface area (Å²) in [4.78, 5) is 26.3. The van der Waals surface area contributed by atoms with Gasteiger partial charge >= 0.3 is 6.18 Å². The molecule has 3 heterocycles. The van der Waals surface area contributed by atoms with Crippen molar-refractivity contribution >= 4 is 33.9 Å². The Morgan fingerprint density at radius 2 is 1.74 bits per heavy atom. The number of carbonyl (C=O) groups excluding carboxylic acids is 1. The molecule has 10 heteroatoms. The number of aryl methyl sites for hydroxylation is 2. The zero-order valence-corrected chi connectivity index (χ0v) is 18.1. The minimum absolute atomic E-state index is 0.0991. The first kappa shape index (κ1) is 21.6. The van der Waals surface area contributed by atoms with Crippen LogP contribution in [0.15, 0.2) is 59.2 Å². The number of halogens is 3. The number of fused-ring (bicyclic) bond motifs is 2. The van der Waals surface area contributed by atoms with E-state index in [1.54, 1.807) is 34.9 Å². The highest BCUT2D eigenvalue weighted by atomic mass is 19.4. The highest BCUT2D eigenvalue weighted by Gasteiger charge is 2.31. The molecule has 0 atom stereocenters. The lowest BCUT2D eigenvalue weighted by Crippen LogP contribution is -2.16. The molecule has 1 amide bonds. The van der Waals surface area contributed by atoms with E-state index in [-0.39, 0.29) is 18.0 Å². The number of anilines is 1. The Morgan fingerprint density at radius 1 is 0.971 bits per heavy atom. The van der Waals surface area contributed by atoms with Gasteiger partial charge in [0.1, 0.15) is 5.76 Å². The van der Waals surface area contributed by atoms with E-state index in [2.05, 4.69) is 20.3 Å². The first-order chi connectivity index (χ1) is 16.2. The van der Waals surface area contributed by atoms with E-state index in [0.717, 1.165) is 23.5 Å². The first-order valence-electron chi connectivity index (χ1n) is 10.4. The van der Waals surface area contributed by atoms with Gasteiger partial charge in [0.05, 0.1) is 51.8 Å². The largest absolute Gasteiger partial charge is 0.467 e. The number of rotatable bonds is 4. The Hall–Kier alpha value is -4.21. The van der Waals surface area contributed by atoms with Crippen molar-refractivity contribution in [2.75, 3.05) is 5.32 Å². The molecule has 0 radical (unpaired) electrons. The van der Waals surface area contributed by atoms with Crippen LogP contribution in [0.25, 0.3) is 22.1 Å². The van der Waals surface area contributed by atoms with Crippen molar-refractivity contribution in [3.8, 4) is 0 Å². The maximum Gasteiger partial charge on any atom is 0.416 e. The maximum absolute atomic E-state index is 13.2. The lowest BCUT2D eigenvalue weighted by atomic mass is 10.1. The van der Waals surface area contributed by atoms with Gasteiger partial charge in [-0.1, -0.05) is 0 Å². The van der Waals surface area contributed by atoms with Crippen LogP contribution in [0.2, 0.25) is 0 Å². The van der Waals surface area contributed by atoms with Crippen LogP contribution in [0.5, 0.6) is 0 Å². The molecule has 34 heavy (non-hydrogen) atoms. The number of nitrogens with one attached hydrogen (secondary N) is 1. The van der Waals surface area contributed by atoms with E-state index in [4.69, 9.17) is 4.42 Å². The van der Waals surface area contributed by atoms with E-state index < -0.39 is 17.6 Å². The highest BCUT2D eigenvalue weighted by molar-refractivity contribution is 6.05. The number of alkyl halides is 3. The van der Waals surface area contributed by atoms with Crippen LogP contribution >= 0.6 is 0 Å². The van der Waals surface area contributed by atoms with Crippen molar-refractivity contribution < 1.29 is 22.4 Å². The van der Waals surface area contributed by atoms with Gasteiger partial charge in [0, 0.05) is 5.56 Å². The Morgan fingerprint density at radius 3 is 2.44 bits per heavy atom. The topological polar surface area (TPSA) is 85.8 Å². The molecule has 3 aromatic heterocycles. The maximum atomic E-state index is 13.2. The molecular formula is C24H18F3N5O2. The fourth-order valence-electron chi connectivity index (χ4n) is 3.67. The van der Waals surface area contributed by atoms with Gasteiger partial charge in [-0.2, -0.15) is 13.2 Å².